The van der Waals surface area contributed by atoms with Gasteiger partial charge in [0, 0.05) is 17.4 Å². The summed E-state index contributed by atoms with van der Waals surface area (Å²) in [5, 5.41) is 0.797. The van der Waals surface area contributed by atoms with Gasteiger partial charge in [-0.25, -0.2) is 0 Å². The third kappa shape index (κ3) is 5.54. The monoisotopic (exact) mass is 338 g/mol. The SMILES string of the molecule is Cc1ccc(C(C)C)cc1OC(=O)CCCC[C@@H]1CCSS1. The molecule has 0 N–H and O–H groups in total. The van der Waals surface area contributed by atoms with Crippen molar-refractivity contribution >= 4 is 27.6 Å². The molecule has 0 amide bonds. The quantitative estimate of drug-likeness (QED) is 0.274. The van der Waals surface area contributed by atoms with Crippen molar-refractivity contribution in [3.05, 3.63) is 29.3 Å². The highest BCUT2D eigenvalue weighted by molar-refractivity contribution is 8.77. The Hall–Kier alpha value is -0.610. The second kappa shape index (κ2) is 8.88. The summed E-state index contributed by atoms with van der Waals surface area (Å²) in [5.74, 6) is 2.35. The van der Waals surface area contributed by atoms with Crippen molar-refractivity contribution in [3.8, 4) is 5.75 Å². The van der Waals surface area contributed by atoms with E-state index in [1.807, 2.05) is 40.6 Å². The normalized spacial score (nSPS) is 17.9. The van der Waals surface area contributed by atoms with Crippen LogP contribution in [0, 0.1) is 6.92 Å². The molecule has 22 heavy (non-hydrogen) atoms. The molecule has 122 valence electrons. The van der Waals surface area contributed by atoms with E-state index in [9.17, 15) is 4.79 Å². The van der Waals surface area contributed by atoms with Gasteiger partial charge in [0.25, 0.3) is 0 Å². The van der Waals surface area contributed by atoms with Crippen molar-refractivity contribution in [3.63, 3.8) is 0 Å². The second-order valence-electron chi connectivity index (χ2n) is 6.23. The number of hydrogen-bond acceptors (Lipinski definition) is 4. The van der Waals surface area contributed by atoms with E-state index in [-0.39, 0.29) is 5.97 Å². The Labute approximate surface area is 142 Å². The molecule has 2 rings (SSSR count). The summed E-state index contributed by atoms with van der Waals surface area (Å²) in [6.45, 7) is 6.28. The first kappa shape index (κ1) is 17.7. The lowest BCUT2D eigenvalue weighted by atomic mass is 10.0. The van der Waals surface area contributed by atoms with Crippen LogP contribution in [0.25, 0.3) is 0 Å². The molecule has 2 nitrogen and oxygen atoms in total. The van der Waals surface area contributed by atoms with Gasteiger partial charge in [-0.2, -0.15) is 0 Å². The van der Waals surface area contributed by atoms with Crippen molar-refractivity contribution in [2.24, 2.45) is 0 Å². The summed E-state index contributed by atoms with van der Waals surface area (Å²) in [7, 11) is 3.99. The fourth-order valence-corrected chi connectivity index (χ4v) is 5.49. The van der Waals surface area contributed by atoms with E-state index < -0.39 is 0 Å². The van der Waals surface area contributed by atoms with Crippen LogP contribution >= 0.6 is 21.6 Å². The summed E-state index contributed by atoms with van der Waals surface area (Å²) in [5.41, 5.74) is 2.24. The summed E-state index contributed by atoms with van der Waals surface area (Å²) in [6.07, 6.45) is 5.13. The Morgan fingerprint density at radius 2 is 2.18 bits per heavy atom. The Bertz CT molecular complexity index is 494. The average Bonchev–Trinajstić information content (AvgIpc) is 2.99. The minimum atomic E-state index is -0.0996. The zero-order valence-electron chi connectivity index (χ0n) is 13.8. The van der Waals surface area contributed by atoms with Crippen LogP contribution in [-0.4, -0.2) is 17.0 Å². The van der Waals surface area contributed by atoms with Crippen molar-refractivity contribution in [1.82, 2.24) is 0 Å². The Kier molecular flexibility index (Phi) is 7.16. The van der Waals surface area contributed by atoms with E-state index >= 15 is 0 Å². The molecule has 1 aliphatic rings. The smallest absolute Gasteiger partial charge is 0.311 e. The minimum absolute atomic E-state index is 0.0996. The second-order valence-corrected chi connectivity index (χ2v) is 9.02. The topological polar surface area (TPSA) is 26.3 Å². The van der Waals surface area contributed by atoms with Crippen LogP contribution in [0.4, 0.5) is 0 Å². The lowest BCUT2D eigenvalue weighted by molar-refractivity contribution is -0.134. The number of benzene rings is 1. The van der Waals surface area contributed by atoms with Gasteiger partial charge in [-0.05, 0) is 49.3 Å². The standard InChI is InChI=1S/C18H26O2S2/c1-13(2)15-9-8-14(3)17(12-15)20-18(19)7-5-4-6-16-10-11-21-22-16/h8-9,12-13,16H,4-7,10-11H2,1-3H3/t16-/m1/s1. The lowest BCUT2D eigenvalue weighted by Gasteiger charge is -2.12. The highest BCUT2D eigenvalue weighted by atomic mass is 33.1. The Morgan fingerprint density at radius 3 is 2.86 bits per heavy atom. The van der Waals surface area contributed by atoms with E-state index in [1.165, 1.54) is 24.2 Å². The Balaban J connectivity index is 1.75. The molecular formula is C18H26O2S2. The van der Waals surface area contributed by atoms with E-state index in [2.05, 4.69) is 19.9 Å². The average molecular weight is 339 g/mol. The molecule has 0 aliphatic carbocycles. The van der Waals surface area contributed by atoms with Gasteiger partial charge in [-0.1, -0.05) is 54.0 Å². The third-order valence-electron chi connectivity index (χ3n) is 3.99. The molecule has 1 aliphatic heterocycles. The maximum absolute atomic E-state index is 12.0. The van der Waals surface area contributed by atoms with Crippen molar-refractivity contribution in [2.45, 2.75) is 64.0 Å². The number of rotatable bonds is 7. The van der Waals surface area contributed by atoms with Crippen LogP contribution in [0.15, 0.2) is 18.2 Å². The van der Waals surface area contributed by atoms with E-state index in [0.29, 0.717) is 12.3 Å². The van der Waals surface area contributed by atoms with Gasteiger partial charge >= 0.3 is 5.97 Å². The molecule has 1 atom stereocenters. The van der Waals surface area contributed by atoms with Gasteiger partial charge in [-0.3, -0.25) is 4.79 Å². The van der Waals surface area contributed by atoms with Crippen LogP contribution in [0.3, 0.4) is 0 Å². The highest BCUT2D eigenvalue weighted by Crippen LogP contribution is 2.39. The minimum Gasteiger partial charge on any atom is -0.426 e. The number of carbonyl (C=O) groups is 1. The van der Waals surface area contributed by atoms with Crippen LogP contribution in [0.5, 0.6) is 5.75 Å². The van der Waals surface area contributed by atoms with Gasteiger partial charge in [0.2, 0.25) is 0 Å². The fraction of sp³-hybridized carbons (Fsp3) is 0.611. The molecule has 1 heterocycles. The molecule has 0 radical (unpaired) electrons. The third-order valence-corrected chi connectivity index (χ3v) is 6.99. The number of ether oxygens (including phenoxy) is 1. The first-order valence-electron chi connectivity index (χ1n) is 8.15. The maximum Gasteiger partial charge on any atom is 0.311 e. The van der Waals surface area contributed by atoms with E-state index in [4.69, 9.17) is 4.74 Å². The zero-order chi connectivity index (χ0) is 15.9. The summed E-state index contributed by atoms with van der Waals surface area (Å²) in [6, 6.07) is 6.14. The highest BCUT2D eigenvalue weighted by Gasteiger charge is 2.16. The van der Waals surface area contributed by atoms with Gasteiger partial charge in [0.15, 0.2) is 0 Å². The first-order chi connectivity index (χ1) is 10.6. The molecule has 0 saturated carbocycles. The first-order valence-corrected chi connectivity index (χ1v) is 10.5. The van der Waals surface area contributed by atoms with Crippen LogP contribution in [0.1, 0.15) is 63.0 Å². The number of hydrogen-bond donors (Lipinski definition) is 0. The summed E-state index contributed by atoms with van der Waals surface area (Å²) < 4.78 is 5.56. The van der Waals surface area contributed by atoms with E-state index in [1.54, 1.807) is 0 Å². The van der Waals surface area contributed by atoms with Crippen LogP contribution in [-0.2, 0) is 4.79 Å². The van der Waals surface area contributed by atoms with E-state index in [0.717, 1.165) is 29.4 Å². The van der Waals surface area contributed by atoms with Gasteiger partial charge in [0.05, 0.1) is 0 Å². The molecule has 0 aromatic heterocycles. The van der Waals surface area contributed by atoms with Crippen molar-refractivity contribution in [1.29, 1.82) is 0 Å². The molecule has 1 aromatic rings. The largest absolute Gasteiger partial charge is 0.426 e. The predicted octanol–water partition coefficient (Wildman–Crippen LogP) is 5.74. The number of aryl methyl sites for hydroxylation is 1. The fourth-order valence-electron chi connectivity index (χ4n) is 2.47. The molecule has 0 spiro atoms. The molecule has 0 bridgehead atoms. The summed E-state index contributed by atoms with van der Waals surface area (Å²) >= 11 is 0. The van der Waals surface area contributed by atoms with Crippen LogP contribution in [0.2, 0.25) is 0 Å². The number of unbranched alkanes of at least 4 members (excludes halogenated alkanes) is 1. The van der Waals surface area contributed by atoms with Gasteiger partial charge in [-0.15, -0.1) is 0 Å². The maximum atomic E-state index is 12.0. The zero-order valence-corrected chi connectivity index (χ0v) is 15.4. The molecular weight excluding hydrogens is 312 g/mol. The van der Waals surface area contributed by atoms with Gasteiger partial charge in [0.1, 0.15) is 5.75 Å². The Morgan fingerprint density at radius 1 is 1.36 bits per heavy atom. The molecule has 1 aromatic carbocycles. The molecule has 0 unspecified atom stereocenters. The molecule has 1 saturated heterocycles. The predicted molar refractivity (Wildman–Crippen MR) is 97.8 cm³/mol. The number of esters is 1. The van der Waals surface area contributed by atoms with Crippen molar-refractivity contribution in [2.75, 3.05) is 5.75 Å². The molecule has 4 heteroatoms. The van der Waals surface area contributed by atoms with Crippen molar-refractivity contribution < 1.29 is 9.53 Å². The number of carbonyl (C=O) groups excluding carboxylic acids is 1. The summed E-state index contributed by atoms with van der Waals surface area (Å²) in [4.78, 5) is 12.0. The van der Waals surface area contributed by atoms with Crippen LogP contribution < -0.4 is 4.74 Å². The lowest BCUT2D eigenvalue weighted by Crippen LogP contribution is -2.09. The van der Waals surface area contributed by atoms with Gasteiger partial charge < -0.3 is 4.74 Å². The molecule has 1 fully saturated rings.